The van der Waals surface area contributed by atoms with Gasteiger partial charge in [0.05, 0.1) is 17.6 Å². The number of hydrogen-bond donors (Lipinski definition) is 2. The van der Waals surface area contributed by atoms with Crippen LogP contribution < -0.4 is 10.6 Å². The Labute approximate surface area is 96.1 Å². The van der Waals surface area contributed by atoms with Crippen LogP contribution in [0, 0.1) is 5.92 Å². The molecule has 1 fully saturated rings. The fourth-order valence-electron chi connectivity index (χ4n) is 2.21. The summed E-state index contributed by atoms with van der Waals surface area (Å²) >= 11 is 0. The van der Waals surface area contributed by atoms with E-state index in [2.05, 4.69) is 16.0 Å². The summed E-state index contributed by atoms with van der Waals surface area (Å²) in [6.45, 7) is 2.88. The molecule has 0 saturated carbocycles. The highest BCUT2D eigenvalue weighted by atomic mass is 16.3. The third-order valence-electron chi connectivity index (χ3n) is 3.21. The van der Waals surface area contributed by atoms with E-state index in [-0.39, 0.29) is 0 Å². The van der Waals surface area contributed by atoms with E-state index in [9.17, 15) is 0 Å². The van der Waals surface area contributed by atoms with Crippen LogP contribution in [0.15, 0.2) is 18.3 Å². The van der Waals surface area contributed by atoms with Crippen LogP contribution in [0.3, 0.4) is 0 Å². The van der Waals surface area contributed by atoms with Crippen molar-refractivity contribution in [2.45, 2.75) is 19.4 Å². The lowest BCUT2D eigenvalue weighted by molar-refractivity contribution is 0.263. The Morgan fingerprint density at radius 2 is 2.38 bits per heavy atom. The molecule has 1 aromatic rings. The Balaban J connectivity index is 1.97. The molecule has 1 unspecified atom stereocenters. The second kappa shape index (κ2) is 5.27. The van der Waals surface area contributed by atoms with Crippen LogP contribution in [0.5, 0.6) is 0 Å². The van der Waals surface area contributed by atoms with E-state index in [1.165, 1.54) is 6.42 Å². The highest BCUT2D eigenvalue weighted by Crippen LogP contribution is 2.24. The fourth-order valence-corrected chi connectivity index (χ4v) is 2.21. The molecule has 1 atom stereocenters. The lowest BCUT2D eigenvalue weighted by atomic mass is 10.1. The SMILES string of the molecule is NCc1ccc(N2CCC(CCO)C2)cn1. The second-order valence-corrected chi connectivity index (χ2v) is 4.32. The number of aliphatic hydroxyl groups excluding tert-OH is 1. The van der Waals surface area contributed by atoms with Gasteiger partial charge < -0.3 is 15.7 Å². The van der Waals surface area contributed by atoms with Gasteiger partial charge in [-0.2, -0.15) is 0 Å². The van der Waals surface area contributed by atoms with Gasteiger partial charge in [0, 0.05) is 26.2 Å². The summed E-state index contributed by atoms with van der Waals surface area (Å²) in [5.74, 6) is 0.624. The van der Waals surface area contributed by atoms with Crippen molar-refractivity contribution in [1.82, 2.24) is 4.98 Å². The molecule has 0 aliphatic carbocycles. The van der Waals surface area contributed by atoms with E-state index in [0.29, 0.717) is 19.1 Å². The molecule has 88 valence electrons. The fraction of sp³-hybridized carbons (Fsp3) is 0.583. The number of aliphatic hydroxyl groups is 1. The third-order valence-corrected chi connectivity index (χ3v) is 3.21. The molecule has 0 bridgehead atoms. The van der Waals surface area contributed by atoms with Crippen LogP contribution in [0.1, 0.15) is 18.5 Å². The van der Waals surface area contributed by atoms with E-state index < -0.39 is 0 Å². The summed E-state index contributed by atoms with van der Waals surface area (Å²) in [6, 6.07) is 4.06. The van der Waals surface area contributed by atoms with Crippen molar-refractivity contribution in [2.24, 2.45) is 11.7 Å². The standard InChI is InChI=1S/C12H19N3O/c13-7-11-1-2-12(8-14-11)15-5-3-10(9-15)4-6-16/h1-2,8,10,16H,3-7,9,13H2. The van der Waals surface area contributed by atoms with Gasteiger partial charge >= 0.3 is 0 Å². The molecule has 4 heteroatoms. The van der Waals surface area contributed by atoms with Crippen molar-refractivity contribution in [3.63, 3.8) is 0 Å². The number of hydrogen-bond acceptors (Lipinski definition) is 4. The minimum absolute atomic E-state index is 0.295. The summed E-state index contributed by atoms with van der Waals surface area (Å²) < 4.78 is 0. The van der Waals surface area contributed by atoms with Crippen LogP contribution in [-0.4, -0.2) is 29.8 Å². The lowest BCUT2D eigenvalue weighted by Crippen LogP contribution is -2.20. The highest BCUT2D eigenvalue weighted by molar-refractivity contribution is 5.45. The molecule has 0 aromatic carbocycles. The Morgan fingerprint density at radius 1 is 1.50 bits per heavy atom. The molecule has 1 aromatic heterocycles. The number of pyridine rings is 1. The summed E-state index contributed by atoms with van der Waals surface area (Å²) in [4.78, 5) is 6.62. The van der Waals surface area contributed by atoms with Gasteiger partial charge in [0.25, 0.3) is 0 Å². The van der Waals surface area contributed by atoms with Crippen LogP contribution in [0.4, 0.5) is 5.69 Å². The zero-order valence-electron chi connectivity index (χ0n) is 9.47. The van der Waals surface area contributed by atoms with Crippen molar-refractivity contribution >= 4 is 5.69 Å². The molecule has 0 spiro atoms. The first-order chi connectivity index (χ1) is 7.83. The van der Waals surface area contributed by atoms with E-state index in [1.54, 1.807) is 0 Å². The third kappa shape index (κ3) is 2.51. The predicted molar refractivity (Wildman–Crippen MR) is 64.2 cm³/mol. The first-order valence-corrected chi connectivity index (χ1v) is 5.84. The Morgan fingerprint density at radius 3 is 3.00 bits per heavy atom. The molecule has 1 aliphatic rings. The molecule has 0 radical (unpaired) electrons. The van der Waals surface area contributed by atoms with Gasteiger partial charge in [0.15, 0.2) is 0 Å². The van der Waals surface area contributed by atoms with Crippen molar-refractivity contribution in [2.75, 3.05) is 24.6 Å². The molecular formula is C12H19N3O. The molecule has 1 aliphatic heterocycles. The van der Waals surface area contributed by atoms with Gasteiger partial charge in [-0.25, -0.2) is 0 Å². The highest BCUT2D eigenvalue weighted by Gasteiger charge is 2.22. The number of rotatable bonds is 4. The Bertz CT molecular complexity index is 326. The van der Waals surface area contributed by atoms with E-state index in [0.717, 1.165) is 30.9 Å². The maximum atomic E-state index is 8.91. The topological polar surface area (TPSA) is 62.4 Å². The van der Waals surface area contributed by atoms with Crippen molar-refractivity contribution in [3.8, 4) is 0 Å². The zero-order chi connectivity index (χ0) is 11.4. The molecular weight excluding hydrogens is 202 g/mol. The molecule has 2 rings (SSSR count). The van der Waals surface area contributed by atoms with Crippen molar-refractivity contribution in [3.05, 3.63) is 24.0 Å². The van der Waals surface area contributed by atoms with Crippen LogP contribution in [0.2, 0.25) is 0 Å². The summed E-state index contributed by atoms with van der Waals surface area (Å²) in [5.41, 5.74) is 7.60. The molecule has 3 N–H and O–H groups in total. The van der Waals surface area contributed by atoms with Crippen LogP contribution >= 0.6 is 0 Å². The smallest absolute Gasteiger partial charge is 0.0553 e. The Kier molecular flexibility index (Phi) is 3.74. The average Bonchev–Trinajstić information content (AvgIpc) is 2.78. The first-order valence-electron chi connectivity index (χ1n) is 5.84. The number of anilines is 1. The number of nitrogens with two attached hydrogens (primary N) is 1. The Hall–Kier alpha value is -1.13. The minimum Gasteiger partial charge on any atom is -0.396 e. The largest absolute Gasteiger partial charge is 0.396 e. The van der Waals surface area contributed by atoms with Crippen molar-refractivity contribution < 1.29 is 5.11 Å². The van der Waals surface area contributed by atoms with Crippen LogP contribution in [0.25, 0.3) is 0 Å². The minimum atomic E-state index is 0.295. The number of nitrogens with zero attached hydrogens (tertiary/aromatic N) is 2. The first kappa shape index (κ1) is 11.4. The summed E-state index contributed by atoms with van der Waals surface area (Å²) in [5, 5.41) is 8.91. The molecule has 0 amide bonds. The summed E-state index contributed by atoms with van der Waals surface area (Å²) in [6.07, 6.45) is 3.97. The van der Waals surface area contributed by atoms with E-state index in [4.69, 9.17) is 10.8 Å². The van der Waals surface area contributed by atoms with Gasteiger partial charge in [0.2, 0.25) is 0 Å². The monoisotopic (exact) mass is 221 g/mol. The quantitative estimate of drug-likeness (QED) is 0.787. The second-order valence-electron chi connectivity index (χ2n) is 4.32. The summed E-state index contributed by atoms with van der Waals surface area (Å²) in [7, 11) is 0. The molecule has 4 nitrogen and oxygen atoms in total. The van der Waals surface area contributed by atoms with Crippen LogP contribution in [-0.2, 0) is 6.54 Å². The van der Waals surface area contributed by atoms with E-state index >= 15 is 0 Å². The van der Waals surface area contributed by atoms with E-state index in [1.807, 2.05) is 12.3 Å². The average molecular weight is 221 g/mol. The maximum absolute atomic E-state index is 8.91. The normalized spacial score (nSPS) is 20.4. The zero-order valence-corrected chi connectivity index (χ0v) is 9.47. The predicted octanol–water partition coefficient (Wildman–Crippen LogP) is 0.749. The molecule has 16 heavy (non-hydrogen) atoms. The van der Waals surface area contributed by atoms with Gasteiger partial charge in [-0.3, -0.25) is 4.98 Å². The number of aromatic nitrogens is 1. The van der Waals surface area contributed by atoms with Crippen molar-refractivity contribution in [1.29, 1.82) is 0 Å². The van der Waals surface area contributed by atoms with Gasteiger partial charge in [-0.1, -0.05) is 0 Å². The molecule has 1 saturated heterocycles. The molecule has 2 heterocycles. The van der Waals surface area contributed by atoms with Gasteiger partial charge in [0.1, 0.15) is 0 Å². The van der Waals surface area contributed by atoms with Gasteiger partial charge in [-0.05, 0) is 30.9 Å². The lowest BCUT2D eigenvalue weighted by Gasteiger charge is -2.18. The van der Waals surface area contributed by atoms with Gasteiger partial charge in [-0.15, -0.1) is 0 Å². The maximum Gasteiger partial charge on any atom is 0.0553 e.